The number of nitrogens with one attached hydrogen (secondary N) is 2. The number of thioether (sulfide) groups is 1. The molecule has 98 valence electrons. The third-order valence-corrected chi connectivity index (χ3v) is 5.81. The molecule has 0 bridgehead atoms. The van der Waals surface area contributed by atoms with Crippen molar-refractivity contribution in [3.05, 3.63) is 0 Å². The topological polar surface area (TPSA) is 41.1 Å². The van der Waals surface area contributed by atoms with Gasteiger partial charge < -0.3 is 10.6 Å². The Kier molecular flexibility index (Phi) is 4.36. The van der Waals surface area contributed by atoms with Crippen LogP contribution in [0, 0.1) is 11.8 Å². The van der Waals surface area contributed by atoms with Gasteiger partial charge in [-0.3, -0.25) is 4.79 Å². The van der Waals surface area contributed by atoms with E-state index in [9.17, 15) is 4.79 Å². The molecule has 2 unspecified atom stereocenters. The van der Waals surface area contributed by atoms with Crippen molar-refractivity contribution in [1.29, 1.82) is 0 Å². The third-order valence-electron chi connectivity index (χ3n) is 4.39. The molecule has 2 aliphatic rings. The predicted molar refractivity (Wildman–Crippen MR) is 73.2 cm³/mol. The fourth-order valence-corrected chi connectivity index (χ4v) is 3.93. The first-order valence-corrected chi connectivity index (χ1v) is 7.93. The summed E-state index contributed by atoms with van der Waals surface area (Å²) in [5.41, 5.74) is 0. The fraction of sp³-hybridized carbons (Fsp3) is 0.923. The van der Waals surface area contributed by atoms with Gasteiger partial charge in [-0.2, -0.15) is 11.8 Å². The van der Waals surface area contributed by atoms with Gasteiger partial charge in [0.1, 0.15) is 0 Å². The second-order valence-electron chi connectivity index (χ2n) is 5.55. The zero-order valence-electron chi connectivity index (χ0n) is 10.9. The number of carbonyl (C=O) groups is 1. The van der Waals surface area contributed by atoms with Crippen LogP contribution in [-0.4, -0.2) is 36.5 Å². The SMILES string of the molecule is CSC1(CNC(=O)C2CNCC2C)CCCC1. The van der Waals surface area contributed by atoms with Crippen molar-refractivity contribution < 1.29 is 4.79 Å². The van der Waals surface area contributed by atoms with Gasteiger partial charge in [-0.15, -0.1) is 0 Å². The van der Waals surface area contributed by atoms with Gasteiger partial charge in [0.15, 0.2) is 0 Å². The number of rotatable bonds is 4. The average Bonchev–Trinajstić information content (AvgIpc) is 2.95. The van der Waals surface area contributed by atoms with Crippen molar-refractivity contribution in [2.24, 2.45) is 11.8 Å². The van der Waals surface area contributed by atoms with E-state index in [0.29, 0.717) is 10.7 Å². The van der Waals surface area contributed by atoms with Crippen molar-refractivity contribution in [1.82, 2.24) is 10.6 Å². The first kappa shape index (κ1) is 13.2. The molecule has 0 spiro atoms. The van der Waals surface area contributed by atoms with Crippen LogP contribution in [0.4, 0.5) is 0 Å². The third kappa shape index (κ3) is 2.97. The molecule has 1 saturated carbocycles. The maximum absolute atomic E-state index is 12.1. The molecular formula is C13H24N2OS. The van der Waals surface area contributed by atoms with Crippen LogP contribution in [0.25, 0.3) is 0 Å². The Labute approximate surface area is 108 Å². The highest BCUT2D eigenvalue weighted by atomic mass is 32.2. The molecule has 1 aliphatic carbocycles. The predicted octanol–water partition coefficient (Wildman–Crippen LogP) is 1.63. The van der Waals surface area contributed by atoms with E-state index in [1.54, 1.807) is 0 Å². The lowest BCUT2D eigenvalue weighted by Gasteiger charge is -2.28. The van der Waals surface area contributed by atoms with Gasteiger partial charge in [0.25, 0.3) is 0 Å². The highest BCUT2D eigenvalue weighted by molar-refractivity contribution is 8.00. The van der Waals surface area contributed by atoms with Crippen molar-refractivity contribution in [3.63, 3.8) is 0 Å². The molecule has 4 heteroatoms. The number of amides is 1. The molecule has 1 saturated heterocycles. The normalized spacial score (nSPS) is 31.6. The highest BCUT2D eigenvalue weighted by Crippen LogP contribution is 2.39. The number of carbonyl (C=O) groups excluding carboxylic acids is 1. The summed E-state index contributed by atoms with van der Waals surface area (Å²) in [6.07, 6.45) is 7.33. The molecule has 0 radical (unpaired) electrons. The Bertz CT molecular complexity index is 277. The van der Waals surface area contributed by atoms with Gasteiger partial charge in [0.05, 0.1) is 5.92 Å². The molecule has 2 N–H and O–H groups in total. The molecular weight excluding hydrogens is 232 g/mol. The van der Waals surface area contributed by atoms with Gasteiger partial charge in [-0.1, -0.05) is 19.8 Å². The maximum atomic E-state index is 12.1. The van der Waals surface area contributed by atoms with Crippen LogP contribution in [0.2, 0.25) is 0 Å². The van der Waals surface area contributed by atoms with Crippen molar-refractivity contribution >= 4 is 17.7 Å². The quantitative estimate of drug-likeness (QED) is 0.803. The Morgan fingerprint density at radius 2 is 2.12 bits per heavy atom. The second-order valence-corrected chi connectivity index (χ2v) is 6.83. The maximum Gasteiger partial charge on any atom is 0.224 e. The van der Waals surface area contributed by atoms with Crippen LogP contribution in [0.15, 0.2) is 0 Å². The highest BCUT2D eigenvalue weighted by Gasteiger charge is 2.35. The standard InChI is InChI=1S/C13H24N2OS/c1-10-7-14-8-11(10)12(16)15-9-13(17-2)5-3-4-6-13/h10-11,14H,3-9H2,1-2H3,(H,15,16). The molecule has 0 aromatic carbocycles. The minimum absolute atomic E-state index is 0.176. The molecule has 0 aromatic rings. The Morgan fingerprint density at radius 1 is 1.41 bits per heavy atom. The number of hydrogen-bond acceptors (Lipinski definition) is 3. The summed E-state index contributed by atoms with van der Waals surface area (Å²) >= 11 is 1.93. The minimum atomic E-state index is 0.176. The Balaban J connectivity index is 1.82. The van der Waals surface area contributed by atoms with Gasteiger partial charge in [0, 0.05) is 17.8 Å². The van der Waals surface area contributed by atoms with Crippen molar-refractivity contribution in [2.45, 2.75) is 37.4 Å². The van der Waals surface area contributed by atoms with Crippen LogP contribution in [-0.2, 0) is 4.79 Å². The van der Waals surface area contributed by atoms with Gasteiger partial charge >= 0.3 is 0 Å². The lowest BCUT2D eigenvalue weighted by molar-refractivity contribution is -0.125. The molecule has 3 nitrogen and oxygen atoms in total. The first-order valence-electron chi connectivity index (χ1n) is 6.70. The molecule has 2 atom stereocenters. The van der Waals surface area contributed by atoms with E-state index in [0.717, 1.165) is 19.6 Å². The molecule has 1 aliphatic heterocycles. The molecule has 1 heterocycles. The zero-order chi connectivity index (χ0) is 12.3. The van der Waals surface area contributed by atoms with Gasteiger partial charge in [-0.05, 0) is 31.6 Å². The van der Waals surface area contributed by atoms with Crippen LogP contribution < -0.4 is 10.6 Å². The van der Waals surface area contributed by atoms with E-state index >= 15 is 0 Å². The minimum Gasteiger partial charge on any atom is -0.354 e. The summed E-state index contributed by atoms with van der Waals surface area (Å²) in [7, 11) is 0. The lowest BCUT2D eigenvalue weighted by atomic mass is 9.97. The zero-order valence-corrected chi connectivity index (χ0v) is 11.7. The van der Waals surface area contributed by atoms with E-state index < -0.39 is 0 Å². The summed E-state index contributed by atoms with van der Waals surface area (Å²) in [5.74, 6) is 0.905. The summed E-state index contributed by atoms with van der Waals surface area (Å²) < 4.78 is 0.324. The van der Waals surface area contributed by atoms with Crippen LogP contribution >= 0.6 is 11.8 Å². The fourth-order valence-electron chi connectivity index (χ4n) is 3.01. The summed E-state index contributed by atoms with van der Waals surface area (Å²) in [5, 5.41) is 6.48. The molecule has 2 rings (SSSR count). The summed E-state index contributed by atoms with van der Waals surface area (Å²) in [6.45, 7) is 4.84. The Hall–Kier alpha value is -0.220. The van der Waals surface area contributed by atoms with E-state index in [4.69, 9.17) is 0 Å². The molecule has 0 aromatic heterocycles. The molecule has 17 heavy (non-hydrogen) atoms. The first-order chi connectivity index (χ1) is 8.17. The van der Waals surface area contributed by atoms with Gasteiger partial charge in [-0.25, -0.2) is 0 Å². The average molecular weight is 256 g/mol. The monoisotopic (exact) mass is 256 g/mol. The number of hydrogen-bond donors (Lipinski definition) is 2. The Morgan fingerprint density at radius 3 is 2.65 bits per heavy atom. The van der Waals surface area contributed by atoms with E-state index in [2.05, 4.69) is 23.8 Å². The largest absolute Gasteiger partial charge is 0.354 e. The van der Waals surface area contributed by atoms with Crippen LogP contribution in [0.5, 0.6) is 0 Å². The van der Waals surface area contributed by atoms with Crippen molar-refractivity contribution in [2.75, 3.05) is 25.9 Å². The summed E-state index contributed by atoms with van der Waals surface area (Å²) in [6, 6.07) is 0. The van der Waals surface area contributed by atoms with Crippen molar-refractivity contribution in [3.8, 4) is 0 Å². The smallest absolute Gasteiger partial charge is 0.224 e. The molecule has 1 amide bonds. The van der Waals surface area contributed by atoms with E-state index in [-0.39, 0.29) is 11.8 Å². The van der Waals surface area contributed by atoms with E-state index in [1.165, 1.54) is 25.7 Å². The summed E-state index contributed by atoms with van der Waals surface area (Å²) in [4.78, 5) is 12.1. The second kappa shape index (κ2) is 5.61. The van der Waals surface area contributed by atoms with Crippen LogP contribution in [0.3, 0.4) is 0 Å². The lowest BCUT2D eigenvalue weighted by Crippen LogP contribution is -2.42. The van der Waals surface area contributed by atoms with Gasteiger partial charge in [0.2, 0.25) is 5.91 Å². The molecule has 2 fully saturated rings. The van der Waals surface area contributed by atoms with E-state index in [1.807, 2.05) is 11.8 Å². The van der Waals surface area contributed by atoms with Crippen LogP contribution in [0.1, 0.15) is 32.6 Å².